The van der Waals surface area contributed by atoms with Crippen molar-refractivity contribution in [2.45, 2.75) is 13.3 Å². The quantitative estimate of drug-likeness (QED) is 0.787. The van der Waals surface area contributed by atoms with Gasteiger partial charge in [-0.2, -0.15) is 0 Å². The highest BCUT2D eigenvalue weighted by atomic mass is 35.5. The lowest BCUT2D eigenvalue weighted by Crippen LogP contribution is -2.00. The lowest BCUT2D eigenvalue weighted by molar-refractivity contribution is 0.0997. The number of ketones is 1. The number of thiazole rings is 1. The van der Waals surface area contributed by atoms with E-state index in [1.165, 1.54) is 22.7 Å². The molecule has 2 aromatic heterocycles. The van der Waals surface area contributed by atoms with Gasteiger partial charge in [-0.25, -0.2) is 0 Å². The van der Waals surface area contributed by atoms with Crippen molar-refractivity contribution in [1.29, 1.82) is 0 Å². The third kappa shape index (κ3) is 2.27. The van der Waals surface area contributed by atoms with E-state index in [0.717, 1.165) is 10.4 Å². The molecule has 0 radical (unpaired) electrons. The summed E-state index contributed by atoms with van der Waals surface area (Å²) in [5, 5.41) is 2.50. The molecule has 2 nitrogen and oxygen atoms in total. The fraction of sp³-hybridized carbons (Fsp3) is 0.200. The number of nitrogens with zero attached hydrogens (tertiary/aromatic N) is 1. The average Bonchev–Trinajstić information content (AvgIpc) is 2.79. The van der Waals surface area contributed by atoms with E-state index in [9.17, 15) is 4.79 Å². The summed E-state index contributed by atoms with van der Waals surface area (Å²) in [6.07, 6.45) is 2.11. The molecule has 15 heavy (non-hydrogen) atoms. The van der Waals surface area contributed by atoms with Crippen LogP contribution in [-0.2, 0) is 6.42 Å². The van der Waals surface area contributed by atoms with Gasteiger partial charge in [0.15, 0.2) is 5.78 Å². The summed E-state index contributed by atoms with van der Waals surface area (Å²) >= 11 is 8.92. The number of carbonyl (C=O) groups excluding carboxylic acids is 1. The molecule has 0 spiro atoms. The zero-order valence-electron chi connectivity index (χ0n) is 7.99. The third-order valence-corrected chi connectivity index (χ3v) is 4.49. The topological polar surface area (TPSA) is 30.0 Å². The second kappa shape index (κ2) is 4.43. The zero-order chi connectivity index (χ0) is 10.8. The van der Waals surface area contributed by atoms with Crippen molar-refractivity contribution < 1.29 is 4.79 Å². The first kappa shape index (κ1) is 10.8. The van der Waals surface area contributed by atoms with Gasteiger partial charge in [0.2, 0.25) is 0 Å². The molecule has 0 saturated carbocycles. The van der Waals surface area contributed by atoms with Gasteiger partial charge in [0, 0.05) is 17.5 Å². The van der Waals surface area contributed by atoms with E-state index in [-0.39, 0.29) is 5.78 Å². The van der Waals surface area contributed by atoms with Gasteiger partial charge in [-0.1, -0.05) is 11.6 Å². The second-order valence-electron chi connectivity index (χ2n) is 3.13. The van der Waals surface area contributed by atoms with E-state index in [2.05, 4.69) is 4.98 Å². The van der Waals surface area contributed by atoms with E-state index in [0.29, 0.717) is 16.3 Å². The Balaban J connectivity index is 2.19. The maximum absolute atomic E-state index is 11.9. The van der Waals surface area contributed by atoms with Crippen molar-refractivity contribution in [1.82, 2.24) is 4.98 Å². The molecule has 0 bridgehead atoms. The molecular weight excluding hydrogens is 250 g/mol. The van der Waals surface area contributed by atoms with Crippen LogP contribution in [-0.4, -0.2) is 10.8 Å². The number of aryl methyl sites for hydroxylation is 1. The predicted octanol–water partition coefficient (Wildman–Crippen LogP) is 3.59. The van der Waals surface area contributed by atoms with Crippen LogP contribution in [0.2, 0.25) is 5.02 Å². The first-order chi connectivity index (χ1) is 7.18. The minimum atomic E-state index is 0.0716. The number of carbonyl (C=O) groups is 1. The van der Waals surface area contributed by atoms with Gasteiger partial charge >= 0.3 is 0 Å². The van der Waals surface area contributed by atoms with Crippen molar-refractivity contribution >= 4 is 40.1 Å². The molecule has 78 valence electrons. The molecule has 0 N–H and O–H groups in total. The molecule has 5 heteroatoms. The van der Waals surface area contributed by atoms with Gasteiger partial charge in [0.05, 0.1) is 15.4 Å². The van der Waals surface area contributed by atoms with Crippen LogP contribution in [0.3, 0.4) is 0 Å². The van der Waals surface area contributed by atoms with Gasteiger partial charge in [-0.3, -0.25) is 9.78 Å². The smallest absolute Gasteiger partial charge is 0.179 e. The van der Waals surface area contributed by atoms with E-state index < -0.39 is 0 Å². The highest BCUT2D eigenvalue weighted by molar-refractivity contribution is 7.13. The van der Waals surface area contributed by atoms with Crippen molar-refractivity contribution in [3.05, 3.63) is 37.4 Å². The fourth-order valence-corrected chi connectivity index (χ4v) is 3.02. The zero-order valence-corrected chi connectivity index (χ0v) is 10.4. The van der Waals surface area contributed by atoms with Crippen LogP contribution in [0.15, 0.2) is 17.1 Å². The summed E-state index contributed by atoms with van der Waals surface area (Å²) in [6, 6.07) is 0. The van der Waals surface area contributed by atoms with Gasteiger partial charge in [-0.15, -0.1) is 22.7 Å². The number of rotatable bonds is 3. The van der Waals surface area contributed by atoms with E-state index in [1.807, 2.05) is 12.3 Å². The molecule has 2 rings (SSSR count). The summed E-state index contributed by atoms with van der Waals surface area (Å²) in [5.74, 6) is 0.0716. The lowest BCUT2D eigenvalue weighted by Gasteiger charge is -1.96. The Morgan fingerprint density at radius 1 is 1.53 bits per heavy atom. The van der Waals surface area contributed by atoms with Gasteiger partial charge < -0.3 is 0 Å². The number of aromatic nitrogens is 1. The molecule has 0 amide bonds. The van der Waals surface area contributed by atoms with Crippen LogP contribution in [0.1, 0.15) is 20.1 Å². The standard InChI is InChI=1S/C10H8ClNOS2/c1-6-4-14-10(9(6)11)8(13)2-7-3-12-5-15-7/h3-5H,2H2,1H3. The molecule has 2 aromatic rings. The fourth-order valence-electron chi connectivity index (χ4n) is 1.19. The molecule has 2 heterocycles. The molecule has 0 aliphatic rings. The van der Waals surface area contributed by atoms with Crippen LogP contribution >= 0.6 is 34.3 Å². The normalized spacial score (nSPS) is 10.5. The molecule has 0 aliphatic carbocycles. The Kier molecular flexibility index (Phi) is 3.19. The van der Waals surface area contributed by atoms with Crippen LogP contribution in [0, 0.1) is 6.92 Å². The maximum Gasteiger partial charge on any atom is 0.179 e. The molecule has 0 atom stereocenters. The first-order valence-electron chi connectivity index (χ1n) is 4.32. The van der Waals surface area contributed by atoms with Crippen LogP contribution < -0.4 is 0 Å². The number of hydrogen-bond donors (Lipinski definition) is 0. The molecule has 0 saturated heterocycles. The third-order valence-electron chi connectivity index (χ3n) is 1.97. The largest absolute Gasteiger partial charge is 0.293 e. The predicted molar refractivity (Wildman–Crippen MR) is 64.2 cm³/mol. The Morgan fingerprint density at radius 3 is 2.87 bits per heavy atom. The average molecular weight is 258 g/mol. The molecule has 0 aliphatic heterocycles. The van der Waals surface area contributed by atoms with Crippen molar-refractivity contribution in [3.8, 4) is 0 Å². The maximum atomic E-state index is 11.9. The summed E-state index contributed by atoms with van der Waals surface area (Å²) in [6.45, 7) is 1.91. The Bertz CT molecular complexity index is 476. The Labute approximate surface area is 101 Å². The molecular formula is C10H8ClNOS2. The van der Waals surface area contributed by atoms with E-state index in [4.69, 9.17) is 11.6 Å². The minimum absolute atomic E-state index is 0.0716. The number of thiophene rings is 1. The number of hydrogen-bond acceptors (Lipinski definition) is 4. The van der Waals surface area contributed by atoms with Crippen LogP contribution in [0.5, 0.6) is 0 Å². The highest BCUT2D eigenvalue weighted by Crippen LogP contribution is 2.28. The monoisotopic (exact) mass is 257 g/mol. The SMILES string of the molecule is Cc1csc(C(=O)Cc2cncs2)c1Cl. The molecule has 0 fully saturated rings. The number of Topliss-reactive ketones (excluding diaryl/α,β-unsaturated/α-hetero) is 1. The number of halogens is 1. The van der Waals surface area contributed by atoms with Gasteiger partial charge in [0.1, 0.15) is 0 Å². The highest BCUT2D eigenvalue weighted by Gasteiger charge is 2.15. The summed E-state index contributed by atoms with van der Waals surface area (Å²) in [7, 11) is 0. The Morgan fingerprint density at radius 2 is 2.33 bits per heavy atom. The summed E-state index contributed by atoms with van der Waals surface area (Å²) in [4.78, 5) is 17.4. The van der Waals surface area contributed by atoms with Crippen molar-refractivity contribution in [3.63, 3.8) is 0 Å². The summed E-state index contributed by atoms with van der Waals surface area (Å²) in [5.41, 5.74) is 2.69. The Hall–Kier alpha value is -0.710. The molecule has 0 aromatic carbocycles. The minimum Gasteiger partial charge on any atom is -0.293 e. The van der Waals surface area contributed by atoms with E-state index >= 15 is 0 Å². The van der Waals surface area contributed by atoms with Crippen LogP contribution in [0.4, 0.5) is 0 Å². The van der Waals surface area contributed by atoms with Crippen molar-refractivity contribution in [2.24, 2.45) is 0 Å². The molecule has 0 unspecified atom stereocenters. The van der Waals surface area contributed by atoms with E-state index in [1.54, 1.807) is 11.7 Å². The van der Waals surface area contributed by atoms with Crippen molar-refractivity contribution in [2.75, 3.05) is 0 Å². The van der Waals surface area contributed by atoms with Crippen LogP contribution in [0.25, 0.3) is 0 Å². The van der Waals surface area contributed by atoms with Gasteiger partial charge in [-0.05, 0) is 17.9 Å². The lowest BCUT2D eigenvalue weighted by atomic mass is 10.2. The van der Waals surface area contributed by atoms with Gasteiger partial charge in [0.25, 0.3) is 0 Å². The first-order valence-corrected chi connectivity index (χ1v) is 6.46. The summed E-state index contributed by atoms with van der Waals surface area (Å²) < 4.78 is 0. The second-order valence-corrected chi connectivity index (χ2v) is 5.36.